The Balaban J connectivity index is 2.28. The number of halogens is 1. The fraction of sp³-hybridized carbons (Fsp3) is 0.385. The van der Waals surface area contributed by atoms with E-state index >= 15 is 0 Å². The van der Waals surface area contributed by atoms with Gasteiger partial charge >= 0.3 is 6.03 Å². The van der Waals surface area contributed by atoms with Gasteiger partial charge in [-0.2, -0.15) is 0 Å². The third-order valence-electron chi connectivity index (χ3n) is 3.36. The zero-order valence-electron chi connectivity index (χ0n) is 11.6. The highest BCUT2D eigenvalue weighted by molar-refractivity contribution is 9.10. The molecule has 1 heterocycles. The number of sulfone groups is 1. The molecule has 1 aromatic carbocycles. The molecule has 1 unspecified atom stereocenters. The summed E-state index contributed by atoms with van der Waals surface area (Å²) in [5, 5.41) is 2.63. The van der Waals surface area contributed by atoms with Crippen LogP contribution >= 0.6 is 15.9 Å². The van der Waals surface area contributed by atoms with Crippen LogP contribution in [0.1, 0.15) is 12.5 Å². The van der Waals surface area contributed by atoms with E-state index in [1.807, 2.05) is 6.07 Å². The van der Waals surface area contributed by atoms with E-state index in [-0.39, 0.29) is 12.3 Å². The summed E-state index contributed by atoms with van der Waals surface area (Å²) in [6, 6.07) is 6.49. The van der Waals surface area contributed by atoms with Gasteiger partial charge in [0.15, 0.2) is 0 Å². The molecule has 2 rings (SSSR count). The number of nitrogens with zero attached hydrogens (tertiary/aromatic N) is 1. The molecule has 1 saturated heterocycles. The summed E-state index contributed by atoms with van der Waals surface area (Å²) in [5.41, 5.74) is -0.546. The summed E-state index contributed by atoms with van der Waals surface area (Å²) in [4.78, 5) is 25.4. The highest BCUT2D eigenvalue weighted by Gasteiger charge is 2.48. The Morgan fingerprint density at radius 1 is 1.33 bits per heavy atom. The van der Waals surface area contributed by atoms with E-state index in [1.54, 1.807) is 25.1 Å². The van der Waals surface area contributed by atoms with Gasteiger partial charge in [0.05, 0.1) is 5.75 Å². The Morgan fingerprint density at radius 2 is 2.00 bits per heavy atom. The summed E-state index contributed by atoms with van der Waals surface area (Å²) < 4.78 is 23.2. The van der Waals surface area contributed by atoms with Crippen molar-refractivity contribution in [1.82, 2.24) is 10.2 Å². The van der Waals surface area contributed by atoms with Crippen LogP contribution in [-0.2, 0) is 20.2 Å². The quantitative estimate of drug-likeness (QED) is 0.804. The number of imide groups is 1. The molecule has 3 amide bonds. The van der Waals surface area contributed by atoms with Crippen molar-refractivity contribution >= 4 is 37.7 Å². The van der Waals surface area contributed by atoms with Gasteiger partial charge in [0.2, 0.25) is 0 Å². The second-order valence-electron chi connectivity index (χ2n) is 5.15. The van der Waals surface area contributed by atoms with E-state index < -0.39 is 27.3 Å². The third-order valence-corrected chi connectivity index (χ3v) is 4.78. The number of hydrogen-bond acceptors (Lipinski definition) is 4. The number of rotatable bonds is 4. The van der Waals surface area contributed by atoms with Crippen LogP contribution in [0.2, 0.25) is 0 Å². The molecule has 0 radical (unpaired) electrons. The van der Waals surface area contributed by atoms with E-state index in [0.29, 0.717) is 5.56 Å². The zero-order chi connectivity index (χ0) is 15.8. The smallest absolute Gasteiger partial charge is 0.319 e. The maximum atomic E-state index is 12.5. The number of carbonyl (C=O) groups excluding carboxylic acids is 2. The van der Waals surface area contributed by atoms with Gasteiger partial charge < -0.3 is 5.32 Å². The highest BCUT2D eigenvalue weighted by Crippen LogP contribution is 2.30. The van der Waals surface area contributed by atoms with E-state index in [2.05, 4.69) is 21.2 Å². The number of carbonyl (C=O) groups is 2. The average Bonchev–Trinajstić information content (AvgIpc) is 2.58. The van der Waals surface area contributed by atoms with Crippen LogP contribution in [0.15, 0.2) is 28.7 Å². The number of urea groups is 1. The Bertz CT molecular complexity index is 704. The average molecular weight is 375 g/mol. The van der Waals surface area contributed by atoms with Gasteiger partial charge in [-0.1, -0.05) is 28.1 Å². The van der Waals surface area contributed by atoms with E-state index in [9.17, 15) is 18.0 Å². The first-order valence-electron chi connectivity index (χ1n) is 6.21. The van der Waals surface area contributed by atoms with Gasteiger partial charge in [0, 0.05) is 17.3 Å². The SMILES string of the molecule is CC1(c2cccc(Br)c2)NC(=O)N(CCS(C)(=O)=O)C1=O. The minimum Gasteiger partial charge on any atom is -0.319 e. The van der Waals surface area contributed by atoms with Crippen molar-refractivity contribution in [2.45, 2.75) is 12.5 Å². The minimum absolute atomic E-state index is 0.146. The first-order valence-corrected chi connectivity index (χ1v) is 9.07. The van der Waals surface area contributed by atoms with Crippen LogP contribution in [0.25, 0.3) is 0 Å². The molecule has 1 fully saturated rings. The van der Waals surface area contributed by atoms with Crippen LogP contribution in [0.5, 0.6) is 0 Å². The number of benzene rings is 1. The molecule has 114 valence electrons. The van der Waals surface area contributed by atoms with Gasteiger partial charge in [-0.05, 0) is 24.6 Å². The molecule has 6 nitrogen and oxygen atoms in total. The van der Waals surface area contributed by atoms with Crippen molar-refractivity contribution in [3.05, 3.63) is 34.3 Å². The van der Waals surface area contributed by atoms with Crippen LogP contribution in [0, 0.1) is 0 Å². The van der Waals surface area contributed by atoms with Crippen molar-refractivity contribution in [3.63, 3.8) is 0 Å². The molecular formula is C13H15BrN2O4S. The standard InChI is InChI=1S/C13H15BrN2O4S/c1-13(9-4-3-5-10(14)8-9)11(17)16(12(18)15-13)6-7-21(2,19)20/h3-5,8H,6-7H2,1-2H3,(H,15,18). The fourth-order valence-electron chi connectivity index (χ4n) is 2.15. The van der Waals surface area contributed by atoms with E-state index in [4.69, 9.17) is 0 Å². The maximum Gasteiger partial charge on any atom is 0.325 e. The summed E-state index contributed by atoms with van der Waals surface area (Å²) in [6.45, 7) is 1.46. The minimum atomic E-state index is -3.25. The van der Waals surface area contributed by atoms with Gasteiger partial charge in [0.1, 0.15) is 15.4 Å². The van der Waals surface area contributed by atoms with Crippen molar-refractivity contribution < 1.29 is 18.0 Å². The van der Waals surface area contributed by atoms with Crippen LogP contribution in [0.3, 0.4) is 0 Å². The molecule has 1 N–H and O–H groups in total. The van der Waals surface area contributed by atoms with Crippen LogP contribution in [-0.4, -0.2) is 43.8 Å². The summed E-state index contributed by atoms with van der Waals surface area (Å²) in [7, 11) is -3.25. The molecule has 1 aromatic rings. The number of amides is 3. The molecule has 8 heteroatoms. The first-order chi connectivity index (χ1) is 9.63. The van der Waals surface area contributed by atoms with Crippen molar-refractivity contribution in [3.8, 4) is 0 Å². The third kappa shape index (κ3) is 3.26. The number of nitrogens with one attached hydrogen (secondary N) is 1. The molecular weight excluding hydrogens is 360 g/mol. The summed E-state index contributed by atoms with van der Waals surface area (Å²) in [5.74, 6) is -0.699. The second-order valence-corrected chi connectivity index (χ2v) is 8.33. The highest BCUT2D eigenvalue weighted by atomic mass is 79.9. The largest absolute Gasteiger partial charge is 0.325 e. The molecule has 0 aromatic heterocycles. The maximum absolute atomic E-state index is 12.5. The van der Waals surface area contributed by atoms with Gasteiger partial charge in [0.25, 0.3) is 5.91 Å². The van der Waals surface area contributed by atoms with Crippen LogP contribution in [0.4, 0.5) is 4.79 Å². The molecule has 0 bridgehead atoms. The summed E-state index contributed by atoms with van der Waals surface area (Å²) in [6.07, 6.45) is 1.07. The van der Waals surface area contributed by atoms with Crippen molar-refractivity contribution in [2.24, 2.45) is 0 Å². The first kappa shape index (κ1) is 16.0. The Morgan fingerprint density at radius 3 is 2.57 bits per heavy atom. The molecule has 0 aliphatic carbocycles. The van der Waals surface area contributed by atoms with E-state index in [0.717, 1.165) is 15.6 Å². The lowest BCUT2D eigenvalue weighted by atomic mass is 9.92. The monoisotopic (exact) mass is 374 g/mol. The van der Waals surface area contributed by atoms with Crippen molar-refractivity contribution in [1.29, 1.82) is 0 Å². The predicted molar refractivity (Wildman–Crippen MR) is 81.4 cm³/mol. The summed E-state index contributed by atoms with van der Waals surface area (Å²) >= 11 is 3.32. The van der Waals surface area contributed by atoms with Gasteiger partial charge in [-0.3, -0.25) is 9.69 Å². The Hall–Kier alpha value is -1.41. The fourth-order valence-corrected chi connectivity index (χ4v) is 3.07. The lowest BCUT2D eigenvalue weighted by Crippen LogP contribution is -2.41. The number of hydrogen-bond donors (Lipinski definition) is 1. The zero-order valence-corrected chi connectivity index (χ0v) is 14.0. The second kappa shape index (κ2) is 5.42. The van der Waals surface area contributed by atoms with Gasteiger partial charge in [-0.25, -0.2) is 13.2 Å². The lowest BCUT2D eigenvalue weighted by molar-refractivity contribution is -0.130. The molecule has 21 heavy (non-hydrogen) atoms. The van der Waals surface area contributed by atoms with Crippen LogP contribution < -0.4 is 5.32 Å². The lowest BCUT2D eigenvalue weighted by Gasteiger charge is -2.22. The molecule has 0 spiro atoms. The predicted octanol–water partition coefficient (Wildman–Crippen LogP) is 1.26. The molecule has 0 saturated carbocycles. The molecule has 1 aliphatic heterocycles. The Kier molecular flexibility index (Phi) is 4.12. The normalized spacial score (nSPS) is 22.5. The van der Waals surface area contributed by atoms with Gasteiger partial charge in [-0.15, -0.1) is 0 Å². The molecule has 1 aliphatic rings. The molecule has 1 atom stereocenters. The van der Waals surface area contributed by atoms with E-state index in [1.165, 1.54) is 0 Å². The van der Waals surface area contributed by atoms with Crippen molar-refractivity contribution in [2.75, 3.05) is 18.6 Å². The Labute approximate surface area is 131 Å². The topological polar surface area (TPSA) is 83.6 Å².